The largest absolute Gasteiger partial charge is 0.416 e. The number of rotatable bonds is 3. The van der Waals surface area contributed by atoms with Crippen molar-refractivity contribution >= 4 is 5.91 Å². The molecule has 1 fully saturated rings. The quantitative estimate of drug-likeness (QED) is 0.840. The monoisotopic (exact) mass is 365 g/mol. The first kappa shape index (κ1) is 18.2. The molecule has 0 spiro atoms. The van der Waals surface area contributed by atoms with Gasteiger partial charge in [0.25, 0.3) is 0 Å². The molecule has 1 aromatic heterocycles. The molecule has 0 radical (unpaired) electrons. The van der Waals surface area contributed by atoms with E-state index in [9.17, 15) is 22.8 Å². The van der Waals surface area contributed by atoms with Gasteiger partial charge in [0, 0.05) is 31.4 Å². The number of carbonyl (C=O) groups excluding carboxylic acids is 1. The van der Waals surface area contributed by atoms with Crippen molar-refractivity contribution in [3.63, 3.8) is 0 Å². The van der Waals surface area contributed by atoms with E-state index in [1.54, 1.807) is 17.0 Å². The minimum atomic E-state index is -4.39. The van der Waals surface area contributed by atoms with E-state index < -0.39 is 17.4 Å². The van der Waals surface area contributed by atoms with Crippen molar-refractivity contribution in [2.45, 2.75) is 31.5 Å². The Morgan fingerprint density at radius 2 is 2.08 bits per heavy atom. The van der Waals surface area contributed by atoms with Crippen LogP contribution in [0.5, 0.6) is 0 Å². The standard InChI is InChI=1S/C18H18F3N3O2/c19-18(20,21)15-6-1-4-13(10-15)14-5-2-8-23(11-14)16(25)12-24-9-3-7-22-17(24)26/h1,3-4,6-7,9-10,14H,2,5,8,11-12H2. The van der Waals surface area contributed by atoms with Gasteiger partial charge in [0.1, 0.15) is 6.54 Å². The minimum Gasteiger partial charge on any atom is -0.341 e. The van der Waals surface area contributed by atoms with Crippen LogP contribution in [0.4, 0.5) is 13.2 Å². The highest BCUT2D eigenvalue weighted by Gasteiger charge is 2.32. The van der Waals surface area contributed by atoms with E-state index in [1.165, 1.54) is 23.0 Å². The summed E-state index contributed by atoms with van der Waals surface area (Å²) in [6.45, 7) is 0.750. The molecule has 2 aromatic rings. The van der Waals surface area contributed by atoms with Crippen LogP contribution in [-0.2, 0) is 17.5 Å². The third-order valence-corrected chi connectivity index (χ3v) is 4.55. The number of benzene rings is 1. The summed E-state index contributed by atoms with van der Waals surface area (Å²) in [5.41, 5.74) is -0.608. The van der Waals surface area contributed by atoms with Crippen molar-refractivity contribution in [3.8, 4) is 0 Å². The predicted octanol–water partition coefficient (Wildman–Crippen LogP) is 2.67. The zero-order valence-corrected chi connectivity index (χ0v) is 13.9. The van der Waals surface area contributed by atoms with Gasteiger partial charge >= 0.3 is 11.9 Å². The number of likely N-dealkylation sites (tertiary alicyclic amines) is 1. The summed E-state index contributed by atoms with van der Waals surface area (Å²) in [7, 11) is 0. The molecule has 0 N–H and O–H groups in total. The first-order chi connectivity index (χ1) is 12.3. The molecule has 1 unspecified atom stereocenters. The fourth-order valence-electron chi connectivity index (χ4n) is 3.20. The molecule has 2 heterocycles. The van der Waals surface area contributed by atoms with Crippen molar-refractivity contribution in [1.29, 1.82) is 0 Å². The average molecular weight is 365 g/mol. The molecule has 1 amide bonds. The maximum Gasteiger partial charge on any atom is 0.416 e. The van der Waals surface area contributed by atoms with E-state index in [0.717, 1.165) is 18.6 Å². The fourth-order valence-corrected chi connectivity index (χ4v) is 3.20. The van der Waals surface area contributed by atoms with Gasteiger partial charge in [-0.25, -0.2) is 9.78 Å². The van der Waals surface area contributed by atoms with Crippen LogP contribution in [0.1, 0.15) is 29.9 Å². The normalized spacial score (nSPS) is 18.0. The number of amides is 1. The molecule has 0 aliphatic carbocycles. The van der Waals surface area contributed by atoms with Gasteiger partial charge in [-0.05, 0) is 30.5 Å². The van der Waals surface area contributed by atoms with Crippen molar-refractivity contribution in [1.82, 2.24) is 14.5 Å². The minimum absolute atomic E-state index is 0.123. The summed E-state index contributed by atoms with van der Waals surface area (Å²) in [5, 5.41) is 0. The van der Waals surface area contributed by atoms with Gasteiger partial charge in [-0.1, -0.05) is 18.2 Å². The molecule has 1 saturated heterocycles. The highest BCUT2D eigenvalue weighted by Crippen LogP contribution is 2.33. The summed E-state index contributed by atoms with van der Waals surface area (Å²) in [5.74, 6) is -0.391. The third-order valence-electron chi connectivity index (χ3n) is 4.55. The van der Waals surface area contributed by atoms with Crippen molar-refractivity contribution in [3.05, 3.63) is 64.3 Å². The lowest BCUT2D eigenvalue weighted by Crippen LogP contribution is -2.42. The van der Waals surface area contributed by atoms with E-state index in [1.807, 2.05) is 0 Å². The molecule has 0 bridgehead atoms. The number of nitrogens with zero attached hydrogens (tertiary/aromatic N) is 3. The lowest BCUT2D eigenvalue weighted by atomic mass is 9.89. The Labute approximate surface area is 148 Å². The van der Waals surface area contributed by atoms with Gasteiger partial charge in [-0.2, -0.15) is 13.2 Å². The molecule has 0 saturated carbocycles. The molecule has 26 heavy (non-hydrogen) atoms. The smallest absolute Gasteiger partial charge is 0.341 e. The Morgan fingerprint density at radius 3 is 2.81 bits per heavy atom. The summed E-state index contributed by atoms with van der Waals surface area (Å²) in [6, 6.07) is 6.83. The van der Waals surface area contributed by atoms with Gasteiger partial charge in [-0.15, -0.1) is 0 Å². The van der Waals surface area contributed by atoms with Gasteiger partial charge < -0.3 is 4.90 Å². The fraction of sp³-hybridized carbons (Fsp3) is 0.389. The maximum absolute atomic E-state index is 12.9. The second kappa shape index (κ2) is 7.31. The molecule has 3 rings (SSSR count). The molecule has 1 aliphatic heterocycles. The zero-order valence-electron chi connectivity index (χ0n) is 13.9. The Balaban J connectivity index is 1.72. The highest BCUT2D eigenvalue weighted by atomic mass is 19.4. The van der Waals surface area contributed by atoms with E-state index in [0.29, 0.717) is 25.1 Å². The number of carbonyl (C=O) groups is 1. The van der Waals surface area contributed by atoms with Crippen LogP contribution in [0.15, 0.2) is 47.5 Å². The molecular formula is C18H18F3N3O2. The number of aromatic nitrogens is 2. The Kier molecular flexibility index (Phi) is 5.11. The molecule has 1 aliphatic rings. The molecule has 1 atom stereocenters. The lowest BCUT2D eigenvalue weighted by molar-refractivity contribution is -0.138. The summed E-state index contributed by atoms with van der Waals surface area (Å²) in [6.07, 6.45) is -0.122. The Bertz CT molecular complexity index is 848. The summed E-state index contributed by atoms with van der Waals surface area (Å²) >= 11 is 0. The topological polar surface area (TPSA) is 55.2 Å². The Hall–Kier alpha value is -2.64. The van der Waals surface area contributed by atoms with Gasteiger partial charge in [0.2, 0.25) is 5.91 Å². The summed E-state index contributed by atoms with van der Waals surface area (Å²) in [4.78, 5) is 29.3. The molecule has 138 valence electrons. The van der Waals surface area contributed by atoms with Gasteiger partial charge in [0.15, 0.2) is 0 Å². The SMILES string of the molecule is O=C(Cn1cccnc1=O)N1CCCC(c2cccc(C(F)(F)F)c2)C1. The van der Waals surface area contributed by atoms with Crippen LogP contribution in [0.25, 0.3) is 0 Å². The number of hydrogen-bond donors (Lipinski definition) is 0. The van der Waals surface area contributed by atoms with Crippen molar-refractivity contribution < 1.29 is 18.0 Å². The summed E-state index contributed by atoms with van der Waals surface area (Å²) < 4.78 is 40.0. The van der Waals surface area contributed by atoms with Crippen LogP contribution in [0.3, 0.4) is 0 Å². The predicted molar refractivity (Wildman–Crippen MR) is 88.5 cm³/mol. The average Bonchev–Trinajstić information content (AvgIpc) is 2.63. The van der Waals surface area contributed by atoms with Crippen molar-refractivity contribution in [2.75, 3.05) is 13.1 Å². The van der Waals surface area contributed by atoms with Crippen LogP contribution >= 0.6 is 0 Å². The van der Waals surface area contributed by atoms with E-state index in [2.05, 4.69) is 4.98 Å². The first-order valence-corrected chi connectivity index (χ1v) is 8.31. The highest BCUT2D eigenvalue weighted by molar-refractivity contribution is 5.76. The maximum atomic E-state index is 12.9. The third kappa shape index (κ3) is 4.12. The zero-order chi connectivity index (χ0) is 18.7. The molecule has 1 aromatic carbocycles. The molecular weight excluding hydrogens is 347 g/mol. The number of halogens is 3. The number of piperidine rings is 1. The first-order valence-electron chi connectivity index (χ1n) is 8.31. The van der Waals surface area contributed by atoms with Crippen LogP contribution in [0.2, 0.25) is 0 Å². The van der Waals surface area contributed by atoms with E-state index >= 15 is 0 Å². The number of alkyl halides is 3. The van der Waals surface area contributed by atoms with Crippen LogP contribution in [0, 0.1) is 0 Å². The van der Waals surface area contributed by atoms with Crippen LogP contribution in [-0.4, -0.2) is 33.4 Å². The van der Waals surface area contributed by atoms with E-state index in [4.69, 9.17) is 0 Å². The second-order valence-electron chi connectivity index (χ2n) is 6.33. The second-order valence-corrected chi connectivity index (χ2v) is 6.33. The van der Waals surface area contributed by atoms with Gasteiger partial charge in [0.05, 0.1) is 5.56 Å². The van der Waals surface area contributed by atoms with Gasteiger partial charge in [-0.3, -0.25) is 9.36 Å². The molecule has 5 nitrogen and oxygen atoms in total. The molecule has 8 heteroatoms. The number of hydrogen-bond acceptors (Lipinski definition) is 3. The van der Waals surface area contributed by atoms with Crippen molar-refractivity contribution in [2.24, 2.45) is 0 Å². The van der Waals surface area contributed by atoms with Crippen LogP contribution < -0.4 is 5.69 Å². The lowest BCUT2D eigenvalue weighted by Gasteiger charge is -2.33. The van der Waals surface area contributed by atoms with E-state index in [-0.39, 0.29) is 18.4 Å². The Morgan fingerprint density at radius 1 is 1.27 bits per heavy atom.